The molecule has 8 heteroatoms. The molecule has 40 heavy (non-hydrogen) atoms. The van der Waals surface area contributed by atoms with E-state index in [9.17, 15) is 14.4 Å². The van der Waals surface area contributed by atoms with Crippen molar-refractivity contribution in [1.82, 2.24) is 5.32 Å². The normalized spacial score (nSPS) is 14.5. The van der Waals surface area contributed by atoms with Crippen molar-refractivity contribution in [2.75, 3.05) is 11.5 Å². The molecule has 4 aromatic rings. The van der Waals surface area contributed by atoms with Gasteiger partial charge in [0.2, 0.25) is 0 Å². The van der Waals surface area contributed by atoms with E-state index < -0.39 is 17.8 Å². The molecular formula is C32H27BrN2O5. The zero-order chi connectivity index (χ0) is 28.1. The Morgan fingerprint density at radius 2 is 1.62 bits per heavy atom. The van der Waals surface area contributed by atoms with Crippen molar-refractivity contribution in [2.45, 2.75) is 26.4 Å². The van der Waals surface area contributed by atoms with Crippen molar-refractivity contribution >= 4 is 56.3 Å². The van der Waals surface area contributed by atoms with Crippen LogP contribution in [-0.2, 0) is 16.2 Å². The number of hydrogen-bond donors (Lipinski definition) is 1. The van der Waals surface area contributed by atoms with Gasteiger partial charge in [-0.1, -0.05) is 71.7 Å². The number of carbonyl (C=O) groups is 3. The topological polar surface area (TPSA) is 84.9 Å². The predicted octanol–water partition coefficient (Wildman–Crippen LogP) is 7.03. The third kappa shape index (κ3) is 5.92. The second-order valence-electron chi connectivity index (χ2n) is 9.27. The molecule has 0 atom stereocenters. The van der Waals surface area contributed by atoms with Gasteiger partial charge in [0.1, 0.15) is 23.7 Å². The molecule has 7 nitrogen and oxygen atoms in total. The summed E-state index contributed by atoms with van der Waals surface area (Å²) >= 11 is 3.44. The zero-order valence-electron chi connectivity index (χ0n) is 21.9. The monoisotopic (exact) mass is 598 g/mol. The van der Waals surface area contributed by atoms with Crippen LogP contribution >= 0.6 is 15.9 Å². The summed E-state index contributed by atoms with van der Waals surface area (Å²) in [7, 11) is 0. The minimum Gasteiger partial charge on any atom is -0.494 e. The fraction of sp³-hybridized carbons (Fsp3) is 0.156. The summed E-state index contributed by atoms with van der Waals surface area (Å²) in [5.41, 5.74) is 1.68. The maximum Gasteiger partial charge on any atom is 0.335 e. The van der Waals surface area contributed by atoms with Gasteiger partial charge in [0, 0.05) is 10.0 Å². The van der Waals surface area contributed by atoms with Crippen molar-refractivity contribution in [3.63, 3.8) is 0 Å². The highest BCUT2D eigenvalue weighted by Gasteiger charge is 2.37. The van der Waals surface area contributed by atoms with Gasteiger partial charge in [-0.05, 0) is 71.3 Å². The van der Waals surface area contributed by atoms with Crippen LogP contribution in [-0.4, -0.2) is 24.5 Å². The van der Waals surface area contributed by atoms with Crippen LogP contribution in [0.15, 0.2) is 95.0 Å². The number of ether oxygens (including phenoxy) is 2. The summed E-state index contributed by atoms with van der Waals surface area (Å²) in [4.78, 5) is 40.3. The van der Waals surface area contributed by atoms with Gasteiger partial charge < -0.3 is 9.47 Å². The first-order chi connectivity index (χ1) is 19.4. The van der Waals surface area contributed by atoms with E-state index in [4.69, 9.17) is 9.47 Å². The Balaban J connectivity index is 1.49. The lowest BCUT2D eigenvalue weighted by Crippen LogP contribution is -2.54. The number of nitrogens with one attached hydrogen (secondary N) is 1. The van der Waals surface area contributed by atoms with Crippen molar-refractivity contribution < 1.29 is 23.9 Å². The van der Waals surface area contributed by atoms with Crippen molar-refractivity contribution in [2.24, 2.45) is 0 Å². The van der Waals surface area contributed by atoms with Crippen LogP contribution in [0.25, 0.3) is 16.8 Å². The van der Waals surface area contributed by atoms with Crippen LogP contribution in [0.5, 0.6) is 11.5 Å². The molecule has 1 heterocycles. The molecule has 1 aliphatic heterocycles. The minimum atomic E-state index is -0.809. The number of imide groups is 2. The lowest BCUT2D eigenvalue weighted by atomic mass is 9.99. The number of hydrogen-bond acceptors (Lipinski definition) is 5. The molecule has 0 saturated carbocycles. The van der Waals surface area contributed by atoms with Crippen LogP contribution in [0.1, 0.15) is 30.9 Å². The number of urea groups is 1. The number of carbonyl (C=O) groups excluding carboxylic acids is 3. The molecule has 1 saturated heterocycles. The molecule has 0 spiro atoms. The molecule has 0 unspecified atom stereocenters. The maximum absolute atomic E-state index is 13.6. The zero-order valence-corrected chi connectivity index (χ0v) is 23.4. The smallest absolute Gasteiger partial charge is 0.335 e. The summed E-state index contributed by atoms with van der Waals surface area (Å²) < 4.78 is 12.8. The summed E-state index contributed by atoms with van der Waals surface area (Å²) in [6, 6.07) is 25.0. The van der Waals surface area contributed by atoms with Crippen LogP contribution in [0.4, 0.5) is 10.5 Å². The highest BCUT2D eigenvalue weighted by molar-refractivity contribution is 9.10. The molecule has 4 amide bonds. The van der Waals surface area contributed by atoms with Crippen LogP contribution in [0.3, 0.4) is 0 Å². The molecule has 0 bridgehead atoms. The van der Waals surface area contributed by atoms with E-state index in [2.05, 4.69) is 28.2 Å². The molecular weight excluding hydrogens is 572 g/mol. The third-order valence-corrected chi connectivity index (χ3v) is 7.02. The number of fused-ring (bicyclic) bond motifs is 1. The average Bonchev–Trinajstić information content (AvgIpc) is 2.96. The molecule has 1 aliphatic rings. The first-order valence-electron chi connectivity index (χ1n) is 13.0. The summed E-state index contributed by atoms with van der Waals surface area (Å²) in [5, 5.41) is 4.02. The number of rotatable bonds is 9. The molecule has 0 aromatic heterocycles. The highest BCUT2D eigenvalue weighted by atomic mass is 79.9. The Kier molecular flexibility index (Phi) is 8.26. The fourth-order valence-electron chi connectivity index (χ4n) is 4.35. The molecule has 1 N–H and O–H groups in total. The summed E-state index contributed by atoms with van der Waals surface area (Å²) in [6.07, 6.45) is 3.43. The van der Waals surface area contributed by atoms with Gasteiger partial charge in [0.25, 0.3) is 11.8 Å². The van der Waals surface area contributed by atoms with Crippen LogP contribution in [0.2, 0.25) is 0 Å². The molecule has 4 aromatic carbocycles. The second-order valence-corrected chi connectivity index (χ2v) is 10.2. The van der Waals surface area contributed by atoms with E-state index in [1.54, 1.807) is 24.3 Å². The Morgan fingerprint density at radius 1 is 0.875 bits per heavy atom. The minimum absolute atomic E-state index is 0.173. The Bertz CT molecular complexity index is 1600. The van der Waals surface area contributed by atoms with Crippen molar-refractivity contribution in [1.29, 1.82) is 0 Å². The fourth-order valence-corrected chi connectivity index (χ4v) is 4.62. The van der Waals surface area contributed by atoms with Gasteiger partial charge in [0.15, 0.2) is 0 Å². The van der Waals surface area contributed by atoms with E-state index in [1.165, 1.54) is 6.08 Å². The summed E-state index contributed by atoms with van der Waals surface area (Å²) in [6.45, 7) is 2.95. The van der Waals surface area contributed by atoms with E-state index >= 15 is 0 Å². The Morgan fingerprint density at radius 3 is 2.38 bits per heavy atom. The van der Waals surface area contributed by atoms with E-state index in [1.807, 2.05) is 60.7 Å². The first-order valence-corrected chi connectivity index (χ1v) is 13.8. The largest absolute Gasteiger partial charge is 0.494 e. The van der Waals surface area contributed by atoms with Gasteiger partial charge in [-0.25, -0.2) is 9.69 Å². The molecule has 0 aliphatic carbocycles. The number of halogens is 1. The lowest BCUT2D eigenvalue weighted by molar-refractivity contribution is -0.122. The van der Waals surface area contributed by atoms with Crippen LogP contribution in [0, 0.1) is 0 Å². The number of nitrogens with zero attached hydrogens (tertiary/aromatic N) is 1. The van der Waals surface area contributed by atoms with E-state index in [0.29, 0.717) is 36.0 Å². The molecule has 202 valence electrons. The third-order valence-electron chi connectivity index (χ3n) is 6.49. The number of benzene rings is 4. The second kappa shape index (κ2) is 12.2. The standard InChI is InChI=1S/C32H27BrN2O5/c1-2-3-18-39-25-15-13-24(14-16-25)35-31(37)28(30(36)34-32(35)38)19-27-26-7-5-4-6-22(26)10-17-29(27)40-20-21-8-11-23(33)12-9-21/h4-17,19H,2-3,18,20H2,1H3,(H,34,36,38)/b28-19-. The van der Waals surface area contributed by atoms with E-state index in [-0.39, 0.29) is 5.57 Å². The van der Waals surface area contributed by atoms with Gasteiger partial charge in [0.05, 0.1) is 12.3 Å². The first kappa shape index (κ1) is 27.1. The Labute approximate surface area is 240 Å². The predicted molar refractivity (Wildman–Crippen MR) is 158 cm³/mol. The van der Waals surface area contributed by atoms with Gasteiger partial charge >= 0.3 is 6.03 Å². The van der Waals surface area contributed by atoms with E-state index in [0.717, 1.165) is 38.6 Å². The average molecular weight is 599 g/mol. The van der Waals surface area contributed by atoms with Crippen molar-refractivity contribution in [3.05, 3.63) is 106 Å². The number of barbiturate groups is 1. The Hall–Kier alpha value is -4.43. The molecule has 0 radical (unpaired) electrons. The van der Waals surface area contributed by atoms with Gasteiger partial charge in [-0.3, -0.25) is 14.9 Å². The number of unbranched alkanes of at least 4 members (excludes halogenated alkanes) is 1. The maximum atomic E-state index is 13.6. The lowest BCUT2D eigenvalue weighted by Gasteiger charge is -2.26. The van der Waals surface area contributed by atoms with Crippen LogP contribution < -0.4 is 19.7 Å². The molecule has 5 rings (SSSR count). The number of amides is 4. The van der Waals surface area contributed by atoms with Crippen molar-refractivity contribution in [3.8, 4) is 11.5 Å². The SMILES string of the molecule is CCCCOc1ccc(N2C(=O)NC(=O)/C(=C/c3c(OCc4ccc(Br)cc4)ccc4ccccc34)C2=O)cc1. The molecule has 1 fully saturated rings. The number of anilines is 1. The highest BCUT2D eigenvalue weighted by Crippen LogP contribution is 2.32. The summed E-state index contributed by atoms with van der Waals surface area (Å²) in [5.74, 6) is -0.346. The van der Waals surface area contributed by atoms with Gasteiger partial charge in [-0.2, -0.15) is 0 Å². The van der Waals surface area contributed by atoms with Gasteiger partial charge in [-0.15, -0.1) is 0 Å². The quantitative estimate of drug-likeness (QED) is 0.127.